The van der Waals surface area contributed by atoms with Gasteiger partial charge >= 0.3 is 6.18 Å². The molecule has 2 aliphatic heterocycles. The predicted molar refractivity (Wildman–Crippen MR) is 155 cm³/mol. The first-order chi connectivity index (χ1) is 19.4. The van der Waals surface area contributed by atoms with Crippen LogP contribution in [0.5, 0.6) is 0 Å². The summed E-state index contributed by atoms with van der Waals surface area (Å²) < 4.78 is 40.5. The SMILES string of the molecule is CC1(C)C(=O)N(c2ccc(C#N)c(C(F)(F)F)c2)C(=S)N1CCCCCCCCN1CCN(C(=O)C2CCC2)CC1. The number of alkyl halides is 3. The van der Waals surface area contributed by atoms with E-state index in [0.29, 0.717) is 12.5 Å². The molecule has 224 valence electrons. The van der Waals surface area contributed by atoms with Gasteiger partial charge in [0.05, 0.1) is 22.9 Å². The number of anilines is 1. The highest BCUT2D eigenvalue weighted by atomic mass is 32.1. The standard InChI is InChI=1S/C30H40F3N5O2S/c1-29(2)27(40)38(24-13-12-23(21-34)25(20-24)30(31,32)33)28(41)37(29)15-8-6-4-3-5-7-14-35-16-18-36(19-17-35)26(39)22-10-9-11-22/h12-13,20,22H,3-11,14-19H2,1-2H3. The van der Waals surface area contributed by atoms with E-state index in [-0.39, 0.29) is 22.6 Å². The number of amides is 2. The van der Waals surface area contributed by atoms with Crippen molar-refractivity contribution >= 4 is 34.8 Å². The first-order valence-corrected chi connectivity index (χ1v) is 15.1. The molecule has 0 radical (unpaired) electrons. The molecule has 3 fully saturated rings. The third-order valence-electron chi connectivity index (χ3n) is 8.76. The summed E-state index contributed by atoms with van der Waals surface area (Å²) in [5.74, 6) is 0.256. The van der Waals surface area contributed by atoms with Crippen molar-refractivity contribution in [2.75, 3.05) is 44.2 Å². The van der Waals surface area contributed by atoms with Crippen LogP contribution in [-0.4, -0.2) is 76.4 Å². The first kappa shape index (κ1) is 31.2. The molecule has 2 heterocycles. The van der Waals surface area contributed by atoms with Crippen LogP contribution < -0.4 is 4.90 Å². The zero-order chi connectivity index (χ0) is 29.8. The molecule has 0 spiro atoms. The number of piperazine rings is 1. The summed E-state index contributed by atoms with van der Waals surface area (Å²) in [6, 6.07) is 4.82. The minimum Gasteiger partial charge on any atom is -0.340 e. The zero-order valence-corrected chi connectivity index (χ0v) is 24.8. The molecule has 1 saturated carbocycles. The Bertz CT molecular complexity index is 1170. The number of carbonyl (C=O) groups is 2. The average molecular weight is 592 g/mol. The molecule has 41 heavy (non-hydrogen) atoms. The van der Waals surface area contributed by atoms with E-state index in [1.807, 2.05) is 4.90 Å². The number of nitrogens with zero attached hydrogens (tertiary/aromatic N) is 5. The second kappa shape index (κ2) is 13.1. The van der Waals surface area contributed by atoms with Gasteiger partial charge in [0.15, 0.2) is 5.11 Å². The second-order valence-electron chi connectivity index (χ2n) is 11.9. The summed E-state index contributed by atoms with van der Waals surface area (Å²) in [5.41, 5.74) is -2.53. The molecule has 0 unspecified atom stereocenters. The van der Waals surface area contributed by atoms with Crippen LogP contribution in [0, 0.1) is 17.2 Å². The van der Waals surface area contributed by atoms with E-state index in [2.05, 4.69) is 4.90 Å². The summed E-state index contributed by atoms with van der Waals surface area (Å²) in [7, 11) is 0. The monoisotopic (exact) mass is 591 g/mol. The van der Waals surface area contributed by atoms with Crippen LogP contribution in [0.4, 0.5) is 18.9 Å². The van der Waals surface area contributed by atoms with Crippen molar-refractivity contribution in [2.45, 2.75) is 83.4 Å². The van der Waals surface area contributed by atoms with E-state index in [4.69, 9.17) is 17.5 Å². The maximum Gasteiger partial charge on any atom is 0.417 e. The van der Waals surface area contributed by atoms with E-state index in [9.17, 15) is 22.8 Å². The molecule has 0 aromatic heterocycles. The number of rotatable bonds is 11. The van der Waals surface area contributed by atoms with Crippen LogP contribution in [-0.2, 0) is 15.8 Å². The van der Waals surface area contributed by atoms with Crippen molar-refractivity contribution in [1.82, 2.24) is 14.7 Å². The van der Waals surface area contributed by atoms with Crippen molar-refractivity contribution in [3.8, 4) is 6.07 Å². The number of benzene rings is 1. The number of unbranched alkanes of at least 4 members (excludes halogenated alkanes) is 5. The summed E-state index contributed by atoms with van der Waals surface area (Å²) in [6.07, 6.45) is 4.83. The van der Waals surface area contributed by atoms with Gasteiger partial charge in [0.25, 0.3) is 5.91 Å². The van der Waals surface area contributed by atoms with Gasteiger partial charge in [0, 0.05) is 38.6 Å². The summed E-state index contributed by atoms with van der Waals surface area (Å²) >= 11 is 5.57. The van der Waals surface area contributed by atoms with Crippen molar-refractivity contribution in [1.29, 1.82) is 5.26 Å². The van der Waals surface area contributed by atoms with E-state index < -0.39 is 22.8 Å². The maximum atomic E-state index is 13.5. The molecule has 3 aliphatic rings. The van der Waals surface area contributed by atoms with Crippen LogP contribution >= 0.6 is 12.2 Å². The average Bonchev–Trinajstić information content (AvgIpc) is 3.07. The van der Waals surface area contributed by atoms with Crippen LogP contribution in [0.1, 0.15) is 82.8 Å². The smallest absolute Gasteiger partial charge is 0.340 e. The molecular weight excluding hydrogens is 551 g/mol. The Kier molecular flexibility index (Phi) is 9.96. The van der Waals surface area contributed by atoms with Gasteiger partial charge in [-0.2, -0.15) is 18.4 Å². The summed E-state index contributed by atoms with van der Waals surface area (Å²) in [5, 5.41) is 9.27. The number of thiocarbonyl (C=S) groups is 1. The van der Waals surface area contributed by atoms with Gasteiger partial charge in [-0.05, 0) is 76.5 Å². The Morgan fingerprint density at radius 1 is 1.02 bits per heavy atom. The Morgan fingerprint density at radius 2 is 1.63 bits per heavy atom. The number of hydrogen-bond acceptors (Lipinski definition) is 5. The minimum absolute atomic E-state index is 0.0216. The number of nitriles is 1. The predicted octanol–water partition coefficient (Wildman–Crippen LogP) is 5.57. The van der Waals surface area contributed by atoms with Crippen molar-refractivity contribution in [2.24, 2.45) is 5.92 Å². The lowest BCUT2D eigenvalue weighted by Gasteiger charge is -2.38. The fraction of sp³-hybridized carbons (Fsp3) is 0.667. The molecule has 2 saturated heterocycles. The fourth-order valence-corrected chi connectivity index (χ4v) is 6.37. The van der Waals surface area contributed by atoms with Gasteiger partial charge in [0.2, 0.25) is 5.91 Å². The Labute approximate surface area is 246 Å². The lowest BCUT2D eigenvalue weighted by atomic mass is 9.84. The van der Waals surface area contributed by atoms with Gasteiger partial charge in [-0.3, -0.25) is 19.4 Å². The molecule has 0 bridgehead atoms. The first-order valence-electron chi connectivity index (χ1n) is 14.7. The van der Waals surface area contributed by atoms with E-state index >= 15 is 0 Å². The van der Waals surface area contributed by atoms with Gasteiger partial charge in [-0.1, -0.05) is 32.1 Å². The molecular formula is C30H40F3N5O2S. The van der Waals surface area contributed by atoms with Gasteiger partial charge in [-0.25, -0.2) is 0 Å². The lowest BCUT2D eigenvalue weighted by molar-refractivity contribution is -0.140. The molecule has 0 N–H and O–H groups in total. The highest BCUT2D eigenvalue weighted by Crippen LogP contribution is 2.38. The largest absolute Gasteiger partial charge is 0.417 e. The van der Waals surface area contributed by atoms with Crippen LogP contribution in [0.25, 0.3) is 0 Å². The van der Waals surface area contributed by atoms with Crippen molar-refractivity contribution < 1.29 is 22.8 Å². The highest BCUT2D eigenvalue weighted by Gasteiger charge is 2.49. The lowest BCUT2D eigenvalue weighted by Crippen LogP contribution is -2.51. The third-order valence-corrected chi connectivity index (χ3v) is 9.16. The molecule has 7 nitrogen and oxygen atoms in total. The molecule has 1 aromatic rings. The maximum absolute atomic E-state index is 13.5. The van der Waals surface area contributed by atoms with Crippen molar-refractivity contribution in [3.63, 3.8) is 0 Å². The number of carbonyl (C=O) groups excluding carboxylic acids is 2. The molecule has 1 aromatic carbocycles. The highest BCUT2D eigenvalue weighted by molar-refractivity contribution is 7.80. The third kappa shape index (κ3) is 7.03. The molecule has 11 heteroatoms. The molecule has 0 atom stereocenters. The minimum atomic E-state index is -4.72. The zero-order valence-electron chi connectivity index (χ0n) is 24.0. The summed E-state index contributed by atoms with van der Waals surface area (Å²) in [4.78, 5) is 33.1. The van der Waals surface area contributed by atoms with Crippen LogP contribution in [0.2, 0.25) is 0 Å². The Hall–Kier alpha value is -2.71. The second-order valence-corrected chi connectivity index (χ2v) is 12.3. The summed E-state index contributed by atoms with van der Waals surface area (Å²) in [6.45, 7) is 8.68. The molecule has 2 amide bonds. The fourth-order valence-electron chi connectivity index (χ4n) is 5.86. The normalized spacial score (nSPS) is 20.0. The van der Waals surface area contributed by atoms with Crippen LogP contribution in [0.15, 0.2) is 18.2 Å². The van der Waals surface area contributed by atoms with Gasteiger partial charge in [0.1, 0.15) is 5.54 Å². The molecule has 1 aliphatic carbocycles. The van der Waals surface area contributed by atoms with Crippen LogP contribution in [0.3, 0.4) is 0 Å². The van der Waals surface area contributed by atoms with Gasteiger partial charge < -0.3 is 9.80 Å². The molecule has 4 rings (SSSR count). The van der Waals surface area contributed by atoms with E-state index in [0.717, 1.165) is 101 Å². The number of halogens is 3. The topological polar surface area (TPSA) is 70.9 Å². The van der Waals surface area contributed by atoms with Gasteiger partial charge in [-0.15, -0.1) is 0 Å². The van der Waals surface area contributed by atoms with Crippen molar-refractivity contribution in [3.05, 3.63) is 29.3 Å². The number of hydrogen-bond donors (Lipinski definition) is 0. The Morgan fingerprint density at radius 3 is 2.20 bits per heavy atom. The van der Waals surface area contributed by atoms with E-state index in [1.165, 1.54) is 12.5 Å². The van der Waals surface area contributed by atoms with E-state index in [1.54, 1.807) is 24.8 Å². The quantitative estimate of drug-likeness (QED) is 0.248. The Balaban J connectivity index is 1.17.